The second kappa shape index (κ2) is 7.12. The van der Waals surface area contributed by atoms with Crippen molar-refractivity contribution >= 4 is 5.97 Å². The smallest absolute Gasteiger partial charge is 0.338 e. The molecule has 0 radical (unpaired) electrons. The van der Waals surface area contributed by atoms with Gasteiger partial charge in [0.15, 0.2) is 6.10 Å². The van der Waals surface area contributed by atoms with Crippen molar-refractivity contribution < 1.29 is 23.1 Å². The topological polar surface area (TPSA) is 74.5 Å². The Morgan fingerprint density at radius 1 is 1.08 bits per heavy atom. The lowest BCUT2D eigenvalue weighted by Crippen LogP contribution is -2.09. The number of benzene rings is 2. The molecule has 6 nitrogen and oxygen atoms in total. The predicted octanol–water partition coefficient (Wildman–Crippen LogP) is 3.80. The van der Waals surface area contributed by atoms with Crippen LogP contribution in [0.1, 0.15) is 29.3 Å². The Balaban J connectivity index is 1.69. The first-order chi connectivity index (χ1) is 12.1. The Morgan fingerprint density at radius 3 is 2.40 bits per heavy atom. The van der Waals surface area contributed by atoms with Crippen molar-refractivity contribution in [2.45, 2.75) is 13.0 Å². The zero-order chi connectivity index (χ0) is 17.8. The molecule has 7 heteroatoms. The fourth-order valence-electron chi connectivity index (χ4n) is 2.11. The summed E-state index contributed by atoms with van der Waals surface area (Å²) in [6, 6.07) is 12.2. The van der Waals surface area contributed by atoms with Crippen LogP contribution in [0.3, 0.4) is 0 Å². The number of rotatable bonds is 5. The second-order valence-corrected chi connectivity index (χ2v) is 5.23. The maximum atomic E-state index is 13.0. The molecular formula is C18H15FN2O4. The van der Waals surface area contributed by atoms with Gasteiger partial charge in [-0.15, -0.1) is 10.2 Å². The number of halogens is 1. The molecule has 0 unspecified atom stereocenters. The molecule has 0 saturated carbocycles. The van der Waals surface area contributed by atoms with Crippen molar-refractivity contribution in [3.63, 3.8) is 0 Å². The van der Waals surface area contributed by atoms with Crippen LogP contribution in [0.2, 0.25) is 0 Å². The monoisotopic (exact) mass is 342 g/mol. The Bertz CT molecular complexity index is 860. The van der Waals surface area contributed by atoms with Gasteiger partial charge in [-0.3, -0.25) is 0 Å². The molecule has 0 spiro atoms. The molecule has 0 aliphatic heterocycles. The minimum atomic E-state index is -0.726. The van der Waals surface area contributed by atoms with Crippen LogP contribution in [0.4, 0.5) is 4.39 Å². The van der Waals surface area contributed by atoms with E-state index in [1.807, 2.05) is 0 Å². The van der Waals surface area contributed by atoms with Gasteiger partial charge in [-0.05, 0) is 55.5 Å². The molecule has 0 N–H and O–H groups in total. The van der Waals surface area contributed by atoms with Crippen molar-refractivity contribution in [1.29, 1.82) is 0 Å². The zero-order valence-electron chi connectivity index (χ0n) is 13.6. The summed E-state index contributed by atoms with van der Waals surface area (Å²) in [5.41, 5.74) is 0.958. The van der Waals surface area contributed by atoms with E-state index in [1.54, 1.807) is 38.3 Å². The lowest BCUT2D eigenvalue weighted by Gasteiger charge is -2.09. The summed E-state index contributed by atoms with van der Waals surface area (Å²) >= 11 is 0. The fraction of sp³-hybridized carbons (Fsp3) is 0.167. The Kier molecular flexibility index (Phi) is 4.74. The molecule has 0 aliphatic rings. The van der Waals surface area contributed by atoms with E-state index >= 15 is 0 Å². The van der Waals surface area contributed by atoms with Crippen LogP contribution < -0.4 is 4.74 Å². The summed E-state index contributed by atoms with van der Waals surface area (Å²) in [5.74, 6) is 0.149. The highest BCUT2D eigenvalue weighted by molar-refractivity contribution is 5.89. The van der Waals surface area contributed by atoms with E-state index in [9.17, 15) is 9.18 Å². The van der Waals surface area contributed by atoms with E-state index in [0.717, 1.165) is 0 Å². The third-order valence-corrected chi connectivity index (χ3v) is 3.49. The van der Waals surface area contributed by atoms with Crippen LogP contribution in [0, 0.1) is 5.82 Å². The Hall–Kier alpha value is -3.22. The first-order valence-corrected chi connectivity index (χ1v) is 7.51. The van der Waals surface area contributed by atoms with Gasteiger partial charge >= 0.3 is 5.97 Å². The van der Waals surface area contributed by atoms with Gasteiger partial charge in [0, 0.05) is 5.56 Å². The standard InChI is InChI=1S/C18H15FN2O4/c1-11(24-18(22)13-5-9-15(23-2)10-6-13)16-20-21-17(25-16)12-3-7-14(19)8-4-12/h3-11H,1-2H3/t11-/m0/s1. The number of hydrogen-bond donors (Lipinski definition) is 0. The summed E-state index contributed by atoms with van der Waals surface area (Å²) in [4.78, 5) is 12.1. The molecule has 3 rings (SSSR count). The van der Waals surface area contributed by atoms with Gasteiger partial charge in [0.2, 0.25) is 5.89 Å². The maximum Gasteiger partial charge on any atom is 0.338 e. The maximum absolute atomic E-state index is 13.0. The van der Waals surface area contributed by atoms with Gasteiger partial charge in [-0.2, -0.15) is 0 Å². The van der Waals surface area contributed by atoms with Gasteiger partial charge in [0.25, 0.3) is 5.89 Å². The minimum Gasteiger partial charge on any atom is -0.497 e. The Labute approximate surface area is 143 Å². The molecule has 3 aromatic rings. The molecular weight excluding hydrogens is 327 g/mol. The normalized spacial score (nSPS) is 11.8. The molecule has 128 valence electrons. The molecule has 25 heavy (non-hydrogen) atoms. The third-order valence-electron chi connectivity index (χ3n) is 3.49. The molecule has 1 heterocycles. The average molecular weight is 342 g/mol. The zero-order valence-corrected chi connectivity index (χ0v) is 13.6. The van der Waals surface area contributed by atoms with Crippen LogP contribution in [0.15, 0.2) is 52.9 Å². The lowest BCUT2D eigenvalue weighted by atomic mass is 10.2. The van der Waals surface area contributed by atoms with Gasteiger partial charge in [-0.1, -0.05) is 0 Å². The molecule has 0 aliphatic carbocycles. The quantitative estimate of drug-likeness (QED) is 0.657. The number of methoxy groups -OCH3 is 1. The average Bonchev–Trinajstić information content (AvgIpc) is 3.12. The fourth-order valence-corrected chi connectivity index (χ4v) is 2.11. The number of nitrogens with zero attached hydrogens (tertiary/aromatic N) is 2. The van der Waals surface area contributed by atoms with Crippen LogP contribution in [0.5, 0.6) is 5.75 Å². The molecule has 0 bridgehead atoms. The van der Waals surface area contributed by atoms with Crippen LogP contribution in [-0.2, 0) is 4.74 Å². The van der Waals surface area contributed by atoms with Crippen LogP contribution in [-0.4, -0.2) is 23.3 Å². The number of ether oxygens (including phenoxy) is 2. The van der Waals surface area contributed by atoms with E-state index in [2.05, 4.69) is 10.2 Å². The van der Waals surface area contributed by atoms with Crippen LogP contribution in [0.25, 0.3) is 11.5 Å². The number of carbonyl (C=O) groups excluding carboxylic acids is 1. The number of esters is 1. The van der Waals surface area contributed by atoms with Crippen molar-refractivity contribution in [3.8, 4) is 17.2 Å². The van der Waals surface area contributed by atoms with Crippen LogP contribution >= 0.6 is 0 Å². The van der Waals surface area contributed by atoms with E-state index in [-0.39, 0.29) is 17.6 Å². The third kappa shape index (κ3) is 3.82. The molecule has 1 atom stereocenters. The first kappa shape index (κ1) is 16.6. The summed E-state index contributed by atoms with van der Waals surface area (Å²) in [6.45, 7) is 1.63. The number of hydrogen-bond acceptors (Lipinski definition) is 6. The SMILES string of the molecule is COc1ccc(C(=O)O[C@@H](C)c2nnc(-c3ccc(F)cc3)o2)cc1. The van der Waals surface area contributed by atoms with Crippen molar-refractivity contribution in [1.82, 2.24) is 10.2 Å². The van der Waals surface area contributed by atoms with E-state index < -0.39 is 12.1 Å². The van der Waals surface area contributed by atoms with E-state index in [0.29, 0.717) is 16.9 Å². The summed E-state index contributed by atoms with van der Waals surface area (Å²) < 4.78 is 28.8. The van der Waals surface area contributed by atoms with Gasteiger partial charge in [0.1, 0.15) is 11.6 Å². The van der Waals surface area contributed by atoms with Crippen molar-refractivity contribution in [3.05, 3.63) is 65.8 Å². The number of aromatic nitrogens is 2. The van der Waals surface area contributed by atoms with Gasteiger partial charge < -0.3 is 13.9 Å². The number of carbonyl (C=O) groups is 1. The highest BCUT2D eigenvalue weighted by atomic mass is 19.1. The summed E-state index contributed by atoms with van der Waals surface area (Å²) in [5, 5.41) is 7.77. The Morgan fingerprint density at radius 2 is 1.76 bits per heavy atom. The predicted molar refractivity (Wildman–Crippen MR) is 86.5 cm³/mol. The highest BCUT2D eigenvalue weighted by Gasteiger charge is 2.20. The molecule has 0 amide bonds. The summed E-state index contributed by atoms with van der Waals surface area (Å²) in [7, 11) is 1.55. The van der Waals surface area contributed by atoms with Crippen molar-refractivity contribution in [2.24, 2.45) is 0 Å². The lowest BCUT2D eigenvalue weighted by molar-refractivity contribution is 0.0280. The van der Waals surface area contributed by atoms with Gasteiger partial charge in [0.05, 0.1) is 12.7 Å². The first-order valence-electron chi connectivity index (χ1n) is 7.51. The van der Waals surface area contributed by atoms with E-state index in [4.69, 9.17) is 13.9 Å². The highest BCUT2D eigenvalue weighted by Crippen LogP contribution is 2.23. The van der Waals surface area contributed by atoms with E-state index in [1.165, 1.54) is 24.3 Å². The van der Waals surface area contributed by atoms with Crippen molar-refractivity contribution in [2.75, 3.05) is 7.11 Å². The summed E-state index contributed by atoms with van der Waals surface area (Å²) in [6.07, 6.45) is -0.726. The van der Waals surface area contributed by atoms with Gasteiger partial charge in [-0.25, -0.2) is 9.18 Å². The molecule has 0 fully saturated rings. The molecule has 1 aromatic heterocycles. The largest absolute Gasteiger partial charge is 0.497 e. The molecule has 2 aromatic carbocycles. The molecule has 0 saturated heterocycles. The second-order valence-electron chi connectivity index (χ2n) is 5.23. The minimum absolute atomic E-state index is 0.154.